The lowest BCUT2D eigenvalue weighted by Crippen LogP contribution is -2.39. The lowest BCUT2D eigenvalue weighted by Gasteiger charge is -2.30. The lowest BCUT2D eigenvalue weighted by molar-refractivity contribution is 0.0596. The zero-order valence-corrected chi connectivity index (χ0v) is 14.2. The molecule has 0 saturated heterocycles. The van der Waals surface area contributed by atoms with Crippen LogP contribution in [0.15, 0.2) is 10.6 Å². The number of ether oxygens (including phenoxy) is 1. The Labute approximate surface area is 129 Å². The molecule has 5 heteroatoms. The molecule has 0 fully saturated rings. The molecule has 1 N–H and O–H groups in total. The van der Waals surface area contributed by atoms with Gasteiger partial charge in [-0.1, -0.05) is 12.1 Å². The van der Waals surface area contributed by atoms with E-state index < -0.39 is 0 Å². The van der Waals surface area contributed by atoms with Crippen LogP contribution in [0.4, 0.5) is 0 Å². The molecule has 0 amide bonds. The van der Waals surface area contributed by atoms with Crippen molar-refractivity contribution in [2.75, 3.05) is 19.7 Å². The first-order valence-electron chi connectivity index (χ1n) is 8.03. The molecule has 0 aliphatic carbocycles. The van der Waals surface area contributed by atoms with Gasteiger partial charge in [0.15, 0.2) is 5.76 Å². The van der Waals surface area contributed by atoms with Gasteiger partial charge in [-0.3, -0.25) is 4.90 Å². The van der Waals surface area contributed by atoms with Gasteiger partial charge in [0.25, 0.3) is 0 Å². The minimum absolute atomic E-state index is 0.491. The van der Waals surface area contributed by atoms with Crippen molar-refractivity contribution in [1.29, 1.82) is 0 Å². The average molecular weight is 297 g/mol. The summed E-state index contributed by atoms with van der Waals surface area (Å²) in [6.45, 7) is 14.9. The Morgan fingerprint density at radius 2 is 2.00 bits per heavy atom. The second kappa shape index (κ2) is 9.92. The van der Waals surface area contributed by atoms with Crippen LogP contribution in [0.5, 0.6) is 0 Å². The van der Waals surface area contributed by atoms with E-state index >= 15 is 0 Å². The fraction of sp³-hybridized carbons (Fsp3) is 0.812. The summed E-state index contributed by atoms with van der Waals surface area (Å²) >= 11 is 0. The van der Waals surface area contributed by atoms with E-state index in [4.69, 9.17) is 9.26 Å². The van der Waals surface area contributed by atoms with Gasteiger partial charge in [-0.15, -0.1) is 0 Å². The van der Waals surface area contributed by atoms with Crippen LogP contribution in [0.1, 0.15) is 52.5 Å². The third kappa shape index (κ3) is 7.07. The highest BCUT2D eigenvalue weighted by Gasteiger charge is 2.12. The number of nitrogens with zero attached hydrogens (tertiary/aromatic N) is 2. The van der Waals surface area contributed by atoms with Gasteiger partial charge in [-0.25, -0.2) is 0 Å². The van der Waals surface area contributed by atoms with E-state index in [2.05, 4.69) is 50.0 Å². The molecule has 0 saturated carbocycles. The van der Waals surface area contributed by atoms with Crippen LogP contribution in [0.3, 0.4) is 0 Å². The van der Waals surface area contributed by atoms with Gasteiger partial charge >= 0.3 is 0 Å². The van der Waals surface area contributed by atoms with Crippen LogP contribution in [0.2, 0.25) is 0 Å². The van der Waals surface area contributed by atoms with Crippen molar-refractivity contribution in [3.05, 3.63) is 17.5 Å². The highest BCUT2D eigenvalue weighted by atomic mass is 16.5. The number of hydrogen-bond donors (Lipinski definition) is 1. The highest BCUT2D eigenvalue weighted by molar-refractivity contribution is 5.04. The maximum atomic E-state index is 5.69. The molecule has 21 heavy (non-hydrogen) atoms. The molecule has 1 rings (SSSR count). The first-order chi connectivity index (χ1) is 10.0. The largest absolute Gasteiger partial charge is 0.372 e. The van der Waals surface area contributed by atoms with Gasteiger partial charge in [-0.2, -0.15) is 0 Å². The minimum Gasteiger partial charge on any atom is -0.372 e. The van der Waals surface area contributed by atoms with Gasteiger partial charge in [0, 0.05) is 31.2 Å². The summed E-state index contributed by atoms with van der Waals surface area (Å²) in [6.07, 6.45) is 1.12. The zero-order chi connectivity index (χ0) is 15.7. The van der Waals surface area contributed by atoms with Crippen molar-refractivity contribution in [1.82, 2.24) is 15.4 Å². The summed E-state index contributed by atoms with van der Waals surface area (Å²) in [4.78, 5) is 2.42. The van der Waals surface area contributed by atoms with Crippen LogP contribution < -0.4 is 5.32 Å². The molecule has 0 bridgehead atoms. The van der Waals surface area contributed by atoms with E-state index in [-0.39, 0.29) is 0 Å². The Balaban J connectivity index is 2.23. The predicted molar refractivity (Wildman–Crippen MR) is 85.1 cm³/mol. The standard InChI is InChI=1S/C16H31N3O2/c1-6-7-17-11-15-10-16(21-18-15)12-20-9-8-19(13(2)3)14(4)5/h10,13-14,17H,6-9,11-12H2,1-5H3. The smallest absolute Gasteiger partial charge is 0.162 e. The summed E-state index contributed by atoms with van der Waals surface area (Å²) in [6, 6.07) is 3.04. The van der Waals surface area contributed by atoms with Gasteiger partial charge in [0.2, 0.25) is 0 Å². The van der Waals surface area contributed by atoms with E-state index in [0.717, 1.165) is 37.5 Å². The maximum Gasteiger partial charge on any atom is 0.162 e. The maximum absolute atomic E-state index is 5.69. The SMILES string of the molecule is CCCNCc1cc(COCCN(C(C)C)C(C)C)on1. The molecule has 5 nitrogen and oxygen atoms in total. The number of nitrogens with one attached hydrogen (secondary N) is 1. The van der Waals surface area contributed by atoms with E-state index in [1.807, 2.05) is 6.07 Å². The van der Waals surface area contributed by atoms with Gasteiger partial charge in [-0.05, 0) is 40.7 Å². The number of hydrogen-bond acceptors (Lipinski definition) is 5. The molecular weight excluding hydrogens is 266 g/mol. The molecule has 0 unspecified atom stereocenters. The molecule has 0 aliphatic rings. The molecule has 0 spiro atoms. The van der Waals surface area contributed by atoms with Crippen molar-refractivity contribution in [2.45, 2.75) is 66.3 Å². The van der Waals surface area contributed by atoms with Crippen LogP contribution in [0.25, 0.3) is 0 Å². The summed E-state index contributed by atoms with van der Waals surface area (Å²) in [5, 5.41) is 7.33. The zero-order valence-electron chi connectivity index (χ0n) is 14.2. The van der Waals surface area contributed by atoms with E-state index in [9.17, 15) is 0 Å². The van der Waals surface area contributed by atoms with Gasteiger partial charge in [0.1, 0.15) is 6.61 Å². The third-order valence-electron chi connectivity index (χ3n) is 3.41. The van der Waals surface area contributed by atoms with Crippen LogP contribution in [0, 0.1) is 0 Å². The first kappa shape index (κ1) is 18.1. The first-order valence-corrected chi connectivity index (χ1v) is 8.03. The normalized spacial score (nSPS) is 12.0. The van der Waals surface area contributed by atoms with Crippen LogP contribution in [-0.4, -0.2) is 41.8 Å². The predicted octanol–water partition coefficient (Wildman–Crippen LogP) is 2.81. The molecule has 1 heterocycles. The van der Waals surface area contributed by atoms with Crippen molar-refractivity contribution < 1.29 is 9.26 Å². The van der Waals surface area contributed by atoms with Gasteiger partial charge < -0.3 is 14.6 Å². The third-order valence-corrected chi connectivity index (χ3v) is 3.41. The second-order valence-electron chi connectivity index (χ2n) is 5.94. The molecule has 0 radical (unpaired) electrons. The van der Waals surface area contributed by atoms with E-state index in [0.29, 0.717) is 25.3 Å². The fourth-order valence-corrected chi connectivity index (χ4v) is 2.36. The van der Waals surface area contributed by atoms with Crippen LogP contribution >= 0.6 is 0 Å². The fourth-order valence-electron chi connectivity index (χ4n) is 2.36. The molecule has 1 aromatic rings. The van der Waals surface area contributed by atoms with Crippen molar-refractivity contribution >= 4 is 0 Å². The molecular formula is C16H31N3O2. The Hall–Kier alpha value is -0.910. The summed E-state index contributed by atoms with van der Waals surface area (Å²) in [7, 11) is 0. The topological polar surface area (TPSA) is 50.5 Å². The van der Waals surface area contributed by atoms with Crippen molar-refractivity contribution in [3.63, 3.8) is 0 Å². The Kier molecular flexibility index (Phi) is 8.57. The van der Waals surface area contributed by atoms with Crippen molar-refractivity contribution in [2.24, 2.45) is 0 Å². The molecule has 0 atom stereocenters. The van der Waals surface area contributed by atoms with E-state index in [1.165, 1.54) is 0 Å². The minimum atomic E-state index is 0.491. The molecule has 1 aromatic heterocycles. The number of aromatic nitrogens is 1. The summed E-state index contributed by atoms with van der Waals surface area (Å²) < 4.78 is 11.0. The molecule has 122 valence electrons. The van der Waals surface area contributed by atoms with Crippen LogP contribution in [-0.2, 0) is 17.9 Å². The second-order valence-corrected chi connectivity index (χ2v) is 5.94. The average Bonchev–Trinajstić information content (AvgIpc) is 2.86. The summed E-state index contributed by atoms with van der Waals surface area (Å²) in [5.74, 6) is 0.795. The Bertz CT molecular complexity index is 369. The lowest BCUT2D eigenvalue weighted by atomic mass is 10.2. The van der Waals surface area contributed by atoms with Gasteiger partial charge in [0.05, 0.1) is 12.3 Å². The highest BCUT2D eigenvalue weighted by Crippen LogP contribution is 2.07. The molecule has 0 aromatic carbocycles. The monoisotopic (exact) mass is 297 g/mol. The quantitative estimate of drug-likeness (QED) is 0.637. The van der Waals surface area contributed by atoms with E-state index in [1.54, 1.807) is 0 Å². The number of rotatable bonds is 11. The Morgan fingerprint density at radius 1 is 1.29 bits per heavy atom. The summed E-state index contributed by atoms with van der Waals surface area (Å²) in [5.41, 5.74) is 0.938. The molecule has 0 aliphatic heterocycles. The van der Waals surface area contributed by atoms with Crippen molar-refractivity contribution in [3.8, 4) is 0 Å². The Morgan fingerprint density at radius 3 is 2.62 bits per heavy atom.